The third-order valence-corrected chi connectivity index (χ3v) is 2.71. The van der Waals surface area contributed by atoms with E-state index in [9.17, 15) is 4.79 Å². The van der Waals surface area contributed by atoms with E-state index in [2.05, 4.69) is 4.90 Å². The van der Waals surface area contributed by atoms with Gasteiger partial charge in [-0.25, -0.2) is 0 Å². The molecule has 1 heterocycles. The first-order chi connectivity index (χ1) is 7.42. The molecule has 0 bridgehead atoms. The Labute approximate surface area is 89.7 Å². The number of nitrogens with zero attached hydrogens (tertiary/aromatic N) is 1. The lowest BCUT2D eigenvalue weighted by Gasteiger charge is -2.31. The van der Waals surface area contributed by atoms with Gasteiger partial charge in [0.1, 0.15) is 6.29 Å². The molecule has 0 aromatic heterocycles. The predicted octanol–water partition coefficient (Wildman–Crippen LogP) is 1.26. The van der Waals surface area contributed by atoms with Gasteiger partial charge in [0.2, 0.25) is 0 Å². The topological polar surface area (TPSA) is 29.5 Å². The highest BCUT2D eigenvalue weighted by molar-refractivity contribution is 5.61. The van der Waals surface area contributed by atoms with E-state index in [1.54, 1.807) is 0 Å². The average Bonchev–Trinajstić information content (AvgIpc) is 2.33. The Hall–Kier alpha value is -1.19. The largest absolute Gasteiger partial charge is 0.379 e. The molecule has 0 spiro atoms. The zero-order valence-electron chi connectivity index (χ0n) is 8.63. The summed E-state index contributed by atoms with van der Waals surface area (Å²) in [6.45, 7) is 3.10. The van der Waals surface area contributed by atoms with Crippen LogP contribution >= 0.6 is 0 Å². The Kier molecular flexibility index (Phi) is 3.48. The molecule has 1 fully saturated rings. The minimum atomic E-state index is -0.116. The van der Waals surface area contributed by atoms with Crippen LogP contribution in [0, 0.1) is 0 Å². The van der Waals surface area contributed by atoms with Crippen molar-refractivity contribution >= 4 is 6.29 Å². The zero-order valence-corrected chi connectivity index (χ0v) is 8.63. The Bertz CT molecular complexity index is 307. The molecule has 1 aliphatic heterocycles. The second-order valence-electron chi connectivity index (χ2n) is 3.64. The molecule has 0 amide bonds. The molecule has 3 nitrogen and oxygen atoms in total. The number of carbonyl (C=O) groups is 1. The van der Waals surface area contributed by atoms with E-state index in [-0.39, 0.29) is 6.04 Å². The minimum absolute atomic E-state index is 0.116. The monoisotopic (exact) mass is 205 g/mol. The molecule has 80 valence electrons. The summed E-state index contributed by atoms with van der Waals surface area (Å²) in [7, 11) is 0. The van der Waals surface area contributed by atoms with Gasteiger partial charge in [-0.05, 0) is 5.56 Å². The molecule has 1 aliphatic rings. The number of hydrogen-bond acceptors (Lipinski definition) is 3. The van der Waals surface area contributed by atoms with Crippen LogP contribution in [0.25, 0.3) is 0 Å². The van der Waals surface area contributed by atoms with Gasteiger partial charge in [0.05, 0.1) is 19.3 Å². The first-order valence-corrected chi connectivity index (χ1v) is 5.24. The maximum atomic E-state index is 11.1. The minimum Gasteiger partial charge on any atom is -0.379 e. The zero-order chi connectivity index (χ0) is 10.5. The second kappa shape index (κ2) is 5.05. The van der Waals surface area contributed by atoms with Gasteiger partial charge in [0.25, 0.3) is 0 Å². The van der Waals surface area contributed by atoms with E-state index >= 15 is 0 Å². The fraction of sp³-hybridized carbons (Fsp3) is 0.417. The molecule has 1 aromatic rings. The summed E-state index contributed by atoms with van der Waals surface area (Å²) >= 11 is 0. The second-order valence-corrected chi connectivity index (χ2v) is 3.64. The van der Waals surface area contributed by atoms with Crippen LogP contribution in [-0.2, 0) is 9.53 Å². The van der Waals surface area contributed by atoms with Crippen LogP contribution in [0.4, 0.5) is 0 Å². The number of ether oxygens (including phenoxy) is 1. The quantitative estimate of drug-likeness (QED) is 0.696. The molecular weight excluding hydrogens is 190 g/mol. The highest BCUT2D eigenvalue weighted by Gasteiger charge is 2.21. The van der Waals surface area contributed by atoms with Crippen LogP contribution in [0.2, 0.25) is 0 Å². The Morgan fingerprint density at radius 2 is 1.87 bits per heavy atom. The third kappa shape index (κ3) is 2.43. The number of rotatable bonds is 3. The van der Waals surface area contributed by atoms with Crippen molar-refractivity contribution < 1.29 is 9.53 Å². The summed E-state index contributed by atoms with van der Waals surface area (Å²) in [5, 5.41) is 0. The van der Waals surface area contributed by atoms with Crippen molar-refractivity contribution in [2.75, 3.05) is 26.3 Å². The molecule has 1 aromatic carbocycles. The van der Waals surface area contributed by atoms with E-state index in [1.807, 2.05) is 30.3 Å². The Balaban J connectivity index is 2.12. The molecule has 0 unspecified atom stereocenters. The first-order valence-electron chi connectivity index (χ1n) is 5.24. The molecule has 3 heteroatoms. The summed E-state index contributed by atoms with van der Waals surface area (Å²) in [6, 6.07) is 9.77. The van der Waals surface area contributed by atoms with Crippen molar-refractivity contribution in [2.45, 2.75) is 6.04 Å². The third-order valence-electron chi connectivity index (χ3n) is 2.71. The first kappa shape index (κ1) is 10.3. The van der Waals surface area contributed by atoms with E-state index in [0.29, 0.717) is 0 Å². The highest BCUT2D eigenvalue weighted by atomic mass is 16.5. The summed E-state index contributed by atoms with van der Waals surface area (Å²) < 4.78 is 5.27. The van der Waals surface area contributed by atoms with Crippen LogP contribution in [0.1, 0.15) is 11.6 Å². The number of benzene rings is 1. The number of aldehydes is 1. The fourth-order valence-electron chi connectivity index (χ4n) is 1.88. The van der Waals surface area contributed by atoms with Crippen molar-refractivity contribution in [3.8, 4) is 0 Å². The molecule has 2 rings (SSSR count). The lowest BCUT2D eigenvalue weighted by Crippen LogP contribution is -2.39. The van der Waals surface area contributed by atoms with Crippen LogP contribution in [0.5, 0.6) is 0 Å². The summed E-state index contributed by atoms with van der Waals surface area (Å²) in [5.74, 6) is 0. The fourth-order valence-corrected chi connectivity index (χ4v) is 1.88. The lowest BCUT2D eigenvalue weighted by molar-refractivity contribution is -0.114. The van der Waals surface area contributed by atoms with Gasteiger partial charge >= 0.3 is 0 Å². The summed E-state index contributed by atoms with van der Waals surface area (Å²) in [5.41, 5.74) is 1.06. The number of carbonyl (C=O) groups excluding carboxylic acids is 1. The molecule has 0 radical (unpaired) electrons. The molecule has 0 N–H and O–H groups in total. The van der Waals surface area contributed by atoms with E-state index < -0.39 is 0 Å². The molecule has 15 heavy (non-hydrogen) atoms. The highest BCUT2D eigenvalue weighted by Crippen LogP contribution is 2.19. The molecular formula is C12H15NO2. The maximum Gasteiger partial charge on any atom is 0.141 e. The normalized spacial score (nSPS) is 19.7. The SMILES string of the molecule is O=C[C@@H](c1ccccc1)N1CCOCC1. The standard InChI is InChI=1S/C12H15NO2/c14-10-12(11-4-2-1-3-5-11)13-6-8-15-9-7-13/h1-5,10,12H,6-9H2/t12-/m0/s1. The van der Waals surface area contributed by atoms with Crippen molar-refractivity contribution in [2.24, 2.45) is 0 Å². The van der Waals surface area contributed by atoms with Crippen LogP contribution < -0.4 is 0 Å². The van der Waals surface area contributed by atoms with Gasteiger partial charge in [0.15, 0.2) is 0 Å². The molecule has 0 saturated carbocycles. The predicted molar refractivity (Wildman–Crippen MR) is 57.6 cm³/mol. The number of morpholine rings is 1. The maximum absolute atomic E-state index is 11.1. The van der Waals surface area contributed by atoms with Gasteiger partial charge in [-0.15, -0.1) is 0 Å². The smallest absolute Gasteiger partial charge is 0.141 e. The van der Waals surface area contributed by atoms with E-state index in [0.717, 1.165) is 38.2 Å². The van der Waals surface area contributed by atoms with Crippen molar-refractivity contribution in [3.05, 3.63) is 35.9 Å². The van der Waals surface area contributed by atoms with E-state index in [4.69, 9.17) is 4.74 Å². The molecule has 1 saturated heterocycles. The number of hydrogen-bond donors (Lipinski definition) is 0. The van der Waals surface area contributed by atoms with Crippen molar-refractivity contribution in [3.63, 3.8) is 0 Å². The van der Waals surface area contributed by atoms with Crippen LogP contribution in [-0.4, -0.2) is 37.5 Å². The van der Waals surface area contributed by atoms with Gasteiger partial charge in [-0.3, -0.25) is 4.90 Å². The van der Waals surface area contributed by atoms with Crippen molar-refractivity contribution in [1.82, 2.24) is 4.90 Å². The van der Waals surface area contributed by atoms with Crippen LogP contribution in [0.3, 0.4) is 0 Å². The van der Waals surface area contributed by atoms with Gasteiger partial charge < -0.3 is 9.53 Å². The van der Waals surface area contributed by atoms with Gasteiger partial charge in [-0.1, -0.05) is 30.3 Å². The molecule has 1 atom stereocenters. The average molecular weight is 205 g/mol. The van der Waals surface area contributed by atoms with Crippen molar-refractivity contribution in [1.29, 1.82) is 0 Å². The van der Waals surface area contributed by atoms with Gasteiger partial charge in [-0.2, -0.15) is 0 Å². The van der Waals surface area contributed by atoms with Gasteiger partial charge in [0, 0.05) is 13.1 Å². The van der Waals surface area contributed by atoms with Crippen LogP contribution in [0.15, 0.2) is 30.3 Å². The lowest BCUT2D eigenvalue weighted by atomic mass is 10.1. The Morgan fingerprint density at radius 3 is 2.47 bits per heavy atom. The summed E-state index contributed by atoms with van der Waals surface area (Å²) in [6.07, 6.45) is 1.01. The van der Waals surface area contributed by atoms with E-state index in [1.165, 1.54) is 0 Å². The molecule has 0 aliphatic carbocycles. The Morgan fingerprint density at radius 1 is 1.20 bits per heavy atom. The summed E-state index contributed by atoms with van der Waals surface area (Å²) in [4.78, 5) is 13.3.